The molecule has 1 aromatic carbocycles. The van der Waals surface area contributed by atoms with Gasteiger partial charge in [0.25, 0.3) is 0 Å². The van der Waals surface area contributed by atoms with Gasteiger partial charge in [0.15, 0.2) is 5.65 Å². The van der Waals surface area contributed by atoms with E-state index < -0.39 is 0 Å². The van der Waals surface area contributed by atoms with E-state index in [2.05, 4.69) is 15.3 Å². The molecule has 8 heteroatoms. The van der Waals surface area contributed by atoms with Crippen molar-refractivity contribution in [2.24, 2.45) is 5.73 Å². The number of amidine groups is 1. The van der Waals surface area contributed by atoms with Crippen molar-refractivity contribution >= 4 is 28.7 Å². The second-order valence-electron chi connectivity index (χ2n) is 7.07. The third-order valence-corrected chi connectivity index (χ3v) is 4.66. The fraction of sp³-hybridized carbons (Fsp3) is 0.304. The molecule has 3 aromatic rings. The van der Waals surface area contributed by atoms with Gasteiger partial charge in [0.2, 0.25) is 5.88 Å². The van der Waals surface area contributed by atoms with Gasteiger partial charge in [0, 0.05) is 30.0 Å². The molecule has 31 heavy (non-hydrogen) atoms. The van der Waals surface area contributed by atoms with Crippen molar-refractivity contribution < 1.29 is 14.3 Å². The van der Waals surface area contributed by atoms with Gasteiger partial charge in [-0.1, -0.05) is 0 Å². The number of aryl methyl sites for hydroxylation is 1. The van der Waals surface area contributed by atoms with E-state index in [9.17, 15) is 4.79 Å². The van der Waals surface area contributed by atoms with Gasteiger partial charge in [-0.3, -0.25) is 10.2 Å². The number of esters is 1. The SMILES string of the molecule is CCOC(=O)CCCCNc1ccc2c(C)cc(Oc3ccc(C(=N)N)cc3)nc2n1. The number of nitrogens with two attached hydrogens (primary N) is 1. The summed E-state index contributed by atoms with van der Waals surface area (Å²) in [5, 5.41) is 11.7. The number of nitrogen functional groups attached to an aromatic ring is 1. The van der Waals surface area contributed by atoms with Gasteiger partial charge in [-0.05, 0) is 68.7 Å². The van der Waals surface area contributed by atoms with Gasteiger partial charge in [0.05, 0.1) is 6.61 Å². The zero-order valence-corrected chi connectivity index (χ0v) is 17.8. The molecule has 4 N–H and O–H groups in total. The van der Waals surface area contributed by atoms with Crippen molar-refractivity contribution in [3.63, 3.8) is 0 Å². The molecule has 0 aliphatic carbocycles. The number of ether oxygens (including phenoxy) is 2. The van der Waals surface area contributed by atoms with E-state index >= 15 is 0 Å². The van der Waals surface area contributed by atoms with E-state index in [0.29, 0.717) is 42.4 Å². The number of anilines is 1. The van der Waals surface area contributed by atoms with E-state index in [0.717, 1.165) is 29.6 Å². The standard InChI is InChI=1S/C23H27N5O3/c1-3-30-21(29)6-4-5-13-26-19-12-11-18-15(2)14-20(28-23(18)27-19)31-17-9-7-16(8-10-17)22(24)25/h7-12,14H,3-6,13H2,1-2H3,(H3,24,25)(H,26,27,28). The van der Waals surface area contributed by atoms with Crippen LogP contribution in [0.2, 0.25) is 0 Å². The summed E-state index contributed by atoms with van der Waals surface area (Å²) in [5.41, 5.74) is 7.72. The lowest BCUT2D eigenvalue weighted by Gasteiger charge is -2.10. The Morgan fingerprint density at radius 1 is 1.13 bits per heavy atom. The molecule has 0 unspecified atom stereocenters. The van der Waals surface area contributed by atoms with Crippen LogP contribution in [0.4, 0.5) is 5.82 Å². The molecule has 3 rings (SSSR count). The maximum atomic E-state index is 11.4. The molecule has 2 aromatic heterocycles. The third kappa shape index (κ3) is 6.15. The topological polar surface area (TPSA) is 123 Å². The summed E-state index contributed by atoms with van der Waals surface area (Å²) in [7, 11) is 0. The molecule has 0 bridgehead atoms. The lowest BCUT2D eigenvalue weighted by molar-refractivity contribution is -0.143. The molecule has 0 amide bonds. The highest BCUT2D eigenvalue weighted by atomic mass is 16.5. The number of unbranched alkanes of at least 4 members (excludes halogenated alkanes) is 1. The maximum absolute atomic E-state index is 11.4. The van der Waals surface area contributed by atoms with Crippen LogP contribution in [0.5, 0.6) is 11.6 Å². The molecule has 0 aliphatic rings. The Bertz CT molecular complexity index is 1070. The summed E-state index contributed by atoms with van der Waals surface area (Å²) >= 11 is 0. The largest absolute Gasteiger partial charge is 0.466 e. The highest BCUT2D eigenvalue weighted by Gasteiger charge is 2.08. The summed E-state index contributed by atoms with van der Waals surface area (Å²) in [6.07, 6.45) is 2.02. The zero-order chi connectivity index (χ0) is 22.2. The highest BCUT2D eigenvalue weighted by Crippen LogP contribution is 2.25. The molecule has 2 heterocycles. The molecule has 0 aliphatic heterocycles. The first kappa shape index (κ1) is 22.0. The van der Waals surface area contributed by atoms with Gasteiger partial charge >= 0.3 is 5.97 Å². The van der Waals surface area contributed by atoms with Gasteiger partial charge in [-0.15, -0.1) is 0 Å². The molecule has 0 saturated carbocycles. The molecule has 0 fully saturated rings. The summed E-state index contributed by atoms with van der Waals surface area (Å²) in [6.45, 7) is 4.91. The van der Waals surface area contributed by atoms with E-state index in [1.54, 1.807) is 31.2 Å². The Morgan fingerprint density at radius 3 is 2.61 bits per heavy atom. The number of aromatic nitrogens is 2. The minimum absolute atomic E-state index is 0.0105. The fourth-order valence-corrected chi connectivity index (χ4v) is 3.06. The second-order valence-corrected chi connectivity index (χ2v) is 7.07. The van der Waals surface area contributed by atoms with E-state index in [1.807, 2.05) is 25.1 Å². The van der Waals surface area contributed by atoms with Crippen molar-refractivity contribution in [3.8, 4) is 11.6 Å². The summed E-state index contributed by atoms with van der Waals surface area (Å²) in [5.74, 6) is 1.62. The molecule has 0 spiro atoms. The Kier molecular flexibility index (Phi) is 7.37. The van der Waals surface area contributed by atoms with Gasteiger partial charge in [0.1, 0.15) is 17.4 Å². The highest BCUT2D eigenvalue weighted by molar-refractivity contribution is 5.95. The Balaban J connectivity index is 1.64. The molecule has 0 saturated heterocycles. The van der Waals surface area contributed by atoms with Crippen molar-refractivity contribution in [1.82, 2.24) is 9.97 Å². The first-order valence-corrected chi connectivity index (χ1v) is 10.3. The first-order chi connectivity index (χ1) is 15.0. The molecule has 0 radical (unpaired) electrons. The van der Waals surface area contributed by atoms with Crippen LogP contribution in [-0.2, 0) is 9.53 Å². The lowest BCUT2D eigenvalue weighted by Crippen LogP contribution is -2.10. The molecule has 8 nitrogen and oxygen atoms in total. The second kappa shape index (κ2) is 10.4. The number of pyridine rings is 2. The minimum atomic E-state index is -0.158. The van der Waals surface area contributed by atoms with Crippen LogP contribution < -0.4 is 15.8 Å². The monoisotopic (exact) mass is 421 g/mol. The minimum Gasteiger partial charge on any atom is -0.466 e. The number of nitrogens with one attached hydrogen (secondary N) is 2. The summed E-state index contributed by atoms with van der Waals surface area (Å²) in [6, 6.07) is 12.7. The summed E-state index contributed by atoms with van der Waals surface area (Å²) in [4.78, 5) is 20.5. The van der Waals surface area contributed by atoms with E-state index in [1.165, 1.54) is 0 Å². The fourth-order valence-electron chi connectivity index (χ4n) is 3.06. The lowest BCUT2D eigenvalue weighted by atomic mass is 10.2. The Morgan fingerprint density at radius 2 is 1.90 bits per heavy atom. The quantitative estimate of drug-likeness (QED) is 0.194. The Hall–Kier alpha value is -3.68. The van der Waals surface area contributed by atoms with E-state index in [4.69, 9.17) is 20.6 Å². The predicted octanol–water partition coefficient (Wildman–Crippen LogP) is 4.16. The average Bonchev–Trinajstić information content (AvgIpc) is 2.74. The maximum Gasteiger partial charge on any atom is 0.305 e. The molecular weight excluding hydrogens is 394 g/mol. The number of rotatable bonds is 10. The number of carbonyl (C=O) groups excluding carboxylic acids is 1. The van der Waals surface area contributed by atoms with E-state index in [-0.39, 0.29) is 11.8 Å². The molecular formula is C23H27N5O3. The van der Waals surface area contributed by atoms with Crippen LogP contribution >= 0.6 is 0 Å². The van der Waals surface area contributed by atoms with Gasteiger partial charge in [-0.25, -0.2) is 4.98 Å². The van der Waals surface area contributed by atoms with Crippen molar-refractivity contribution in [2.75, 3.05) is 18.5 Å². The number of benzene rings is 1. The normalized spacial score (nSPS) is 10.6. The van der Waals surface area contributed by atoms with Gasteiger partial charge < -0.3 is 20.5 Å². The number of hydrogen-bond acceptors (Lipinski definition) is 7. The smallest absolute Gasteiger partial charge is 0.305 e. The van der Waals surface area contributed by atoms with Crippen LogP contribution in [0.1, 0.15) is 37.3 Å². The van der Waals surface area contributed by atoms with Crippen LogP contribution in [0.15, 0.2) is 42.5 Å². The first-order valence-electron chi connectivity index (χ1n) is 10.3. The van der Waals surface area contributed by atoms with Gasteiger partial charge in [-0.2, -0.15) is 4.98 Å². The molecule has 0 atom stereocenters. The number of nitrogens with zero attached hydrogens (tertiary/aromatic N) is 2. The van der Waals surface area contributed by atoms with Crippen LogP contribution in [0, 0.1) is 12.3 Å². The Labute approximate surface area is 181 Å². The van der Waals surface area contributed by atoms with Crippen molar-refractivity contribution in [2.45, 2.75) is 33.1 Å². The van der Waals surface area contributed by atoms with Crippen molar-refractivity contribution in [3.05, 3.63) is 53.6 Å². The number of fused-ring (bicyclic) bond motifs is 1. The van der Waals surface area contributed by atoms with Crippen molar-refractivity contribution in [1.29, 1.82) is 5.41 Å². The van der Waals surface area contributed by atoms with Crippen LogP contribution in [0.25, 0.3) is 11.0 Å². The zero-order valence-electron chi connectivity index (χ0n) is 17.8. The predicted molar refractivity (Wildman–Crippen MR) is 121 cm³/mol. The van der Waals surface area contributed by atoms with Crippen LogP contribution in [-0.4, -0.2) is 34.9 Å². The van der Waals surface area contributed by atoms with Crippen LogP contribution in [0.3, 0.4) is 0 Å². The third-order valence-electron chi connectivity index (χ3n) is 4.66. The molecule has 162 valence electrons. The number of hydrogen-bond donors (Lipinski definition) is 3. The number of carbonyl (C=O) groups is 1. The average molecular weight is 422 g/mol. The summed E-state index contributed by atoms with van der Waals surface area (Å²) < 4.78 is 10.8.